The lowest BCUT2D eigenvalue weighted by Crippen LogP contribution is -2.48. The van der Waals surface area contributed by atoms with Gasteiger partial charge in [0.2, 0.25) is 0 Å². The van der Waals surface area contributed by atoms with Crippen molar-refractivity contribution in [2.45, 2.75) is 32.9 Å². The first-order valence-electron chi connectivity index (χ1n) is 10.7. The molecule has 1 aliphatic heterocycles. The second-order valence-corrected chi connectivity index (χ2v) is 8.26. The highest BCUT2D eigenvalue weighted by molar-refractivity contribution is 5.46. The molecule has 1 saturated heterocycles. The van der Waals surface area contributed by atoms with E-state index in [1.165, 1.54) is 17.8 Å². The van der Waals surface area contributed by atoms with Gasteiger partial charge >= 0.3 is 0 Å². The fourth-order valence-electron chi connectivity index (χ4n) is 3.99. The third-order valence-corrected chi connectivity index (χ3v) is 5.71. The van der Waals surface area contributed by atoms with E-state index < -0.39 is 0 Å². The Labute approximate surface area is 177 Å². The monoisotopic (exact) mass is 408 g/mol. The van der Waals surface area contributed by atoms with Crippen LogP contribution in [0.25, 0.3) is 0 Å². The van der Waals surface area contributed by atoms with E-state index in [1.54, 1.807) is 0 Å². The molecule has 6 nitrogen and oxygen atoms in total. The van der Waals surface area contributed by atoms with Gasteiger partial charge in [-0.3, -0.25) is 4.90 Å². The average Bonchev–Trinajstić information content (AvgIpc) is 3.23. The van der Waals surface area contributed by atoms with Crippen LogP contribution in [0.15, 0.2) is 54.6 Å². The maximum Gasteiger partial charge on any atom is 0.173 e. The number of aryl methyl sites for hydroxylation is 1. The molecule has 1 aromatic heterocycles. The molecule has 1 aliphatic rings. The summed E-state index contributed by atoms with van der Waals surface area (Å²) in [7, 11) is 0. The first kappa shape index (κ1) is 20.5. The molecule has 0 spiro atoms. The number of hydrogen-bond acceptors (Lipinski definition) is 5. The summed E-state index contributed by atoms with van der Waals surface area (Å²) in [5.41, 5.74) is 2.27. The van der Waals surface area contributed by atoms with Crippen molar-refractivity contribution < 1.29 is 4.39 Å². The van der Waals surface area contributed by atoms with Gasteiger partial charge in [0.15, 0.2) is 5.82 Å². The SMILES string of the molecule is CC(C)CCn1nnnc1[C@@H](c1ccc(F)cc1)N1CCN(c2ccccc2)CC1. The molecule has 1 atom stereocenters. The summed E-state index contributed by atoms with van der Waals surface area (Å²) in [5.74, 6) is 1.17. The number of para-hydroxylation sites is 1. The Bertz CT molecular complexity index is 916. The van der Waals surface area contributed by atoms with E-state index in [4.69, 9.17) is 0 Å². The Kier molecular flexibility index (Phi) is 6.38. The second kappa shape index (κ2) is 9.34. The van der Waals surface area contributed by atoms with Gasteiger partial charge in [-0.15, -0.1) is 5.10 Å². The second-order valence-electron chi connectivity index (χ2n) is 8.26. The van der Waals surface area contributed by atoms with Crippen LogP contribution < -0.4 is 4.90 Å². The van der Waals surface area contributed by atoms with Gasteiger partial charge < -0.3 is 4.90 Å². The van der Waals surface area contributed by atoms with Crippen LogP contribution >= 0.6 is 0 Å². The lowest BCUT2D eigenvalue weighted by atomic mass is 10.0. The van der Waals surface area contributed by atoms with Crippen molar-refractivity contribution in [1.29, 1.82) is 0 Å². The zero-order chi connectivity index (χ0) is 20.9. The van der Waals surface area contributed by atoms with E-state index in [0.717, 1.165) is 50.5 Å². The Morgan fingerprint density at radius 2 is 1.63 bits per heavy atom. The van der Waals surface area contributed by atoms with Gasteiger partial charge in [-0.2, -0.15) is 0 Å². The highest BCUT2D eigenvalue weighted by atomic mass is 19.1. The van der Waals surface area contributed by atoms with Gasteiger partial charge in [0.25, 0.3) is 0 Å². The van der Waals surface area contributed by atoms with Crippen LogP contribution in [0.1, 0.15) is 37.7 Å². The predicted octanol–water partition coefficient (Wildman–Crippen LogP) is 3.77. The van der Waals surface area contributed by atoms with E-state index in [2.05, 4.69) is 63.4 Å². The third-order valence-electron chi connectivity index (χ3n) is 5.71. The third kappa shape index (κ3) is 4.67. The molecule has 0 bridgehead atoms. The molecular formula is C23H29FN6. The Morgan fingerprint density at radius 1 is 0.933 bits per heavy atom. The highest BCUT2D eigenvalue weighted by Crippen LogP contribution is 2.29. The van der Waals surface area contributed by atoms with Gasteiger partial charge in [0.05, 0.1) is 6.04 Å². The number of piperazine rings is 1. The van der Waals surface area contributed by atoms with Crippen LogP contribution in [0.5, 0.6) is 0 Å². The van der Waals surface area contributed by atoms with Crippen molar-refractivity contribution in [3.05, 3.63) is 71.8 Å². The fraction of sp³-hybridized carbons (Fsp3) is 0.435. The van der Waals surface area contributed by atoms with E-state index in [1.807, 2.05) is 22.9 Å². The summed E-state index contributed by atoms with van der Waals surface area (Å²) >= 11 is 0. The number of rotatable bonds is 7. The summed E-state index contributed by atoms with van der Waals surface area (Å²) in [6.45, 7) is 8.79. The van der Waals surface area contributed by atoms with Crippen LogP contribution in [0.3, 0.4) is 0 Å². The van der Waals surface area contributed by atoms with E-state index in [0.29, 0.717) is 5.92 Å². The molecule has 158 valence electrons. The lowest BCUT2D eigenvalue weighted by molar-refractivity contribution is 0.200. The van der Waals surface area contributed by atoms with Gasteiger partial charge in [0, 0.05) is 38.4 Å². The van der Waals surface area contributed by atoms with E-state index in [9.17, 15) is 4.39 Å². The molecule has 0 N–H and O–H groups in total. The molecule has 7 heteroatoms. The summed E-state index contributed by atoms with van der Waals surface area (Å²) in [6.07, 6.45) is 1.01. The standard InChI is InChI=1S/C23H29FN6/c1-18(2)12-13-30-23(25-26-27-30)22(19-8-10-20(24)11-9-19)29-16-14-28(15-17-29)21-6-4-3-5-7-21/h3-11,18,22H,12-17H2,1-2H3/t22-/m1/s1. The molecule has 0 unspecified atom stereocenters. The highest BCUT2D eigenvalue weighted by Gasteiger charge is 2.30. The van der Waals surface area contributed by atoms with Crippen LogP contribution in [0, 0.1) is 11.7 Å². The fourth-order valence-corrected chi connectivity index (χ4v) is 3.99. The van der Waals surface area contributed by atoms with Crippen LogP contribution in [0.4, 0.5) is 10.1 Å². The summed E-state index contributed by atoms with van der Waals surface area (Å²) in [6, 6.07) is 17.1. The summed E-state index contributed by atoms with van der Waals surface area (Å²) < 4.78 is 15.5. The molecule has 3 aromatic rings. The molecule has 4 rings (SSSR count). The van der Waals surface area contributed by atoms with Crippen molar-refractivity contribution in [2.24, 2.45) is 5.92 Å². The quantitative estimate of drug-likeness (QED) is 0.596. The molecular weight excluding hydrogens is 379 g/mol. The molecule has 0 saturated carbocycles. The van der Waals surface area contributed by atoms with Crippen molar-refractivity contribution in [1.82, 2.24) is 25.1 Å². The Morgan fingerprint density at radius 3 is 2.30 bits per heavy atom. The maximum absolute atomic E-state index is 13.6. The lowest BCUT2D eigenvalue weighted by Gasteiger charge is -2.40. The van der Waals surface area contributed by atoms with Crippen molar-refractivity contribution >= 4 is 5.69 Å². The summed E-state index contributed by atoms with van der Waals surface area (Å²) in [5, 5.41) is 12.6. The number of tetrazole rings is 1. The van der Waals surface area contributed by atoms with Gasteiger partial charge in [-0.05, 0) is 52.6 Å². The van der Waals surface area contributed by atoms with Gasteiger partial charge in [0.1, 0.15) is 5.82 Å². The summed E-state index contributed by atoms with van der Waals surface area (Å²) in [4.78, 5) is 4.81. The van der Waals surface area contributed by atoms with Crippen LogP contribution in [0.2, 0.25) is 0 Å². The minimum absolute atomic E-state index is 0.0920. The molecule has 0 aliphatic carbocycles. The van der Waals surface area contributed by atoms with Crippen molar-refractivity contribution in [3.63, 3.8) is 0 Å². The minimum Gasteiger partial charge on any atom is -0.369 e. The maximum atomic E-state index is 13.6. The van der Waals surface area contributed by atoms with Crippen molar-refractivity contribution in [2.75, 3.05) is 31.1 Å². The number of hydrogen-bond donors (Lipinski definition) is 0. The first-order chi connectivity index (χ1) is 14.6. The smallest absolute Gasteiger partial charge is 0.173 e. The molecule has 1 fully saturated rings. The average molecular weight is 409 g/mol. The first-order valence-corrected chi connectivity index (χ1v) is 10.7. The number of halogens is 1. The Hall–Kier alpha value is -2.80. The largest absolute Gasteiger partial charge is 0.369 e. The molecule has 0 amide bonds. The van der Waals surface area contributed by atoms with Crippen molar-refractivity contribution in [3.8, 4) is 0 Å². The number of nitrogens with zero attached hydrogens (tertiary/aromatic N) is 6. The Balaban J connectivity index is 1.58. The van der Waals surface area contributed by atoms with Crippen LogP contribution in [-0.4, -0.2) is 51.3 Å². The van der Waals surface area contributed by atoms with Crippen LogP contribution in [-0.2, 0) is 6.54 Å². The van der Waals surface area contributed by atoms with E-state index in [-0.39, 0.29) is 11.9 Å². The minimum atomic E-state index is -0.231. The normalized spacial score (nSPS) is 16.2. The number of anilines is 1. The molecule has 2 aromatic carbocycles. The zero-order valence-corrected chi connectivity index (χ0v) is 17.7. The van der Waals surface area contributed by atoms with Gasteiger partial charge in [-0.25, -0.2) is 9.07 Å². The predicted molar refractivity (Wildman–Crippen MR) is 116 cm³/mol. The zero-order valence-electron chi connectivity index (χ0n) is 17.7. The molecule has 2 heterocycles. The van der Waals surface area contributed by atoms with Gasteiger partial charge in [-0.1, -0.05) is 44.2 Å². The molecule has 0 radical (unpaired) electrons. The topological polar surface area (TPSA) is 50.1 Å². The number of benzene rings is 2. The number of aromatic nitrogens is 4. The van der Waals surface area contributed by atoms with E-state index >= 15 is 0 Å². The molecule has 30 heavy (non-hydrogen) atoms.